The van der Waals surface area contributed by atoms with Gasteiger partial charge in [-0.3, -0.25) is 9.36 Å². The molecule has 0 spiro atoms. The molecule has 7 nitrogen and oxygen atoms in total. The lowest BCUT2D eigenvalue weighted by atomic mass is 10.2. The van der Waals surface area contributed by atoms with Crippen LogP contribution in [-0.4, -0.2) is 29.9 Å². The smallest absolute Gasteiger partial charge is 0.262 e. The highest BCUT2D eigenvalue weighted by Gasteiger charge is 2.30. The van der Waals surface area contributed by atoms with Gasteiger partial charge in [-0.05, 0) is 44.0 Å². The number of H-pyrrole nitrogens is 1. The summed E-state index contributed by atoms with van der Waals surface area (Å²) in [6.07, 6.45) is 1.87. The summed E-state index contributed by atoms with van der Waals surface area (Å²) in [6.45, 7) is 1.79. The average molecular weight is 430 g/mol. The van der Waals surface area contributed by atoms with Crippen LogP contribution in [0.15, 0.2) is 64.2 Å². The predicted molar refractivity (Wildman–Crippen MR) is 121 cm³/mol. The summed E-state index contributed by atoms with van der Waals surface area (Å²) in [5, 5.41) is 21.3. The quantitative estimate of drug-likeness (QED) is 0.208. The molecule has 154 valence electrons. The number of benzene rings is 2. The van der Waals surface area contributed by atoms with Crippen LogP contribution in [0.2, 0.25) is 0 Å². The zero-order valence-electron chi connectivity index (χ0n) is 16.7. The Bertz CT molecular complexity index is 1410. The second-order valence-corrected chi connectivity index (χ2v) is 8.86. The highest BCUT2D eigenvalue weighted by atomic mass is 32.2. The molecule has 1 aliphatic rings. The number of hydrogen-bond donors (Lipinski definition) is 2. The number of nitrogens with zero attached hydrogens (tertiary/aromatic N) is 4. The maximum atomic E-state index is 13.1. The van der Waals surface area contributed by atoms with Crippen molar-refractivity contribution in [1.29, 1.82) is 5.26 Å². The minimum Gasteiger partial charge on any atom is -0.510 e. The summed E-state index contributed by atoms with van der Waals surface area (Å²) in [4.78, 5) is 25.3. The van der Waals surface area contributed by atoms with Crippen molar-refractivity contribution in [3.63, 3.8) is 0 Å². The zero-order chi connectivity index (χ0) is 21.5. The lowest BCUT2D eigenvalue weighted by Crippen LogP contribution is -2.23. The molecule has 8 heteroatoms. The van der Waals surface area contributed by atoms with Gasteiger partial charge in [-0.1, -0.05) is 36.0 Å². The number of aliphatic hydroxyl groups is 1. The fraction of sp³-hybridized carbons (Fsp3) is 0.217. The van der Waals surface area contributed by atoms with Gasteiger partial charge in [-0.2, -0.15) is 5.26 Å². The summed E-state index contributed by atoms with van der Waals surface area (Å²) >= 11 is 1.27. The number of hydrogen-bond acceptors (Lipinski definition) is 6. The van der Waals surface area contributed by atoms with Crippen molar-refractivity contribution in [2.45, 2.75) is 36.2 Å². The molecule has 0 bridgehead atoms. The van der Waals surface area contributed by atoms with Gasteiger partial charge in [-0.25, -0.2) is 9.97 Å². The van der Waals surface area contributed by atoms with E-state index in [1.54, 1.807) is 17.6 Å². The molecule has 2 N–H and O–H groups in total. The molecule has 1 saturated carbocycles. The van der Waals surface area contributed by atoms with Gasteiger partial charge in [0.05, 0.1) is 27.2 Å². The highest BCUT2D eigenvalue weighted by Crippen LogP contribution is 2.38. The molecule has 1 fully saturated rings. The standard InChI is InChI=1S/C23H19N5O2S/c1-13(20(29)16(12-24)21-25-18-8-4-5-9-19(18)26-21)31-23-27-17-7-3-2-6-15(17)22(30)28(23)14-10-11-14/h2-9,13-14,29H,10-11H2,1H3,(H,25,26)/b20-16-. The number of nitrogens with one attached hydrogen (secondary N) is 1. The first kappa shape index (κ1) is 19.4. The van der Waals surface area contributed by atoms with Gasteiger partial charge < -0.3 is 10.1 Å². The number of aliphatic hydroxyl groups excluding tert-OH is 1. The van der Waals surface area contributed by atoms with Crippen molar-refractivity contribution in [2.75, 3.05) is 0 Å². The molecule has 0 radical (unpaired) electrons. The van der Waals surface area contributed by atoms with Gasteiger partial charge in [-0.15, -0.1) is 0 Å². The number of aromatic nitrogens is 4. The maximum absolute atomic E-state index is 13.1. The highest BCUT2D eigenvalue weighted by molar-refractivity contribution is 7.99. The number of thioether (sulfide) groups is 1. The average Bonchev–Trinajstić information content (AvgIpc) is 3.52. The molecule has 0 aliphatic heterocycles. The minimum absolute atomic E-state index is 0.0657. The largest absolute Gasteiger partial charge is 0.510 e. The van der Waals surface area contributed by atoms with E-state index in [9.17, 15) is 15.2 Å². The van der Waals surface area contributed by atoms with Crippen LogP contribution in [0.3, 0.4) is 0 Å². The number of rotatable bonds is 5. The van der Waals surface area contributed by atoms with Crippen LogP contribution >= 0.6 is 11.8 Å². The van der Waals surface area contributed by atoms with Gasteiger partial charge >= 0.3 is 0 Å². The van der Waals surface area contributed by atoms with Gasteiger partial charge in [0.1, 0.15) is 17.4 Å². The van der Waals surface area contributed by atoms with Crippen LogP contribution in [0.1, 0.15) is 31.6 Å². The normalized spacial score (nSPS) is 15.6. The Morgan fingerprint density at radius 1 is 1.19 bits per heavy atom. The van der Waals surface area contributed by atoms with Gasteiger partial charge in [0.15, 0.2) is 11.0 Å². The number of aromatic amines is 1. The van der Waals surface area contributed by atoms with Crippen molar-refractivity contribution < 1.29 is 5.11 Å². The molecular weight excluding hydrogens is 410 g/mol. The Labute approximate surface area is 182 Å². The van der Waals surface area contributed by atoms with E-state index >= 15 is 0 Å². The molecule has 2 aromatic carbocycles. The van der Waals surface area contributed by atoms with E-state index in [1.165, 1.54) is 11.8 Å². The summed E-state index contributed by atoms with van der Waals surface area (Å²) in [5.41, 5.74) is 2.15. The van der Waals surface area contributed by atoms with E-state index in [1.807, 2.05) is 42.5 Å². The molecule has 0 saturated heterocycles. The Morgan fingerprint density at radius 2 is 1.90 bits per heavy atom. The third-order valence-corrected chi connectivity index (χ3v) is 6.42. The van der Waals surface area contributed by atoms with E-state index in [-0.39, 0.29) is 22.9 Å². The molecule has 31 heavy (non-hydrogen) atoms. The predicted octanol–water partition coefficient (Wildman–Crippen LogP) is 4.58. The van der Waals surface area contributed by atoms with Crippen molar-refractivity contribution in [3.8, 4) is 6.07 Å². The maximum Gasteiger partial charge on any atom is 0.262 e. The number of para-hydroxylation sites is 3. The van der Waals surface area contributed by atoms with Crippen LogP contribution < -0.4 is 5.56 Å². The monoisotopic (exact) mass is 429 g/mol. The first-order chi connectivity index (χ1) is 15.1. The number of imidazole rings is 1. The van der Waals surface area contributed by atoms with Crippen LogP contribution in [0.4, 0.5) is 0 Å². The lowest BCUT2D eigenvalue weighted by Gasteiger charge is -2.16. The van der Waals surface area contributed by atoms with Gasteiger partial charge in [0.2, 0.25) is 0 Å². The van der Waals surface area contributed by atoms with E-state index < -0.39 is 5.25 Å². The van der Waals surface area contributed by atoms with Gasteiger partial charge in [0.25, 0.3) is 5.56 Å². The van der Waals surface area contributed by atoms with Crippen LogP contribution in [0.25, 0.3) is 27.5 Å². The fourth-order valence-electron chi connectivity index (χ4n) is 3.58. The fourth-order valence-corrected chi connectivity index (χ4v) is 4.63. The van der Waals surface area contributed by atoms with Gasteiger partial charge in [0, 0.05) is 6.04 Å². The van der Waals surface area contributed by atoms with E-state index in [4.69, 9.17) is 4.98 Å². The molecule has 4 aromatic rings. The Hall–Kier alpha value is -3.57. The van der Waals surface area contributed by atoms with E-state index in [0.717, 1.165) is 23.9 Å². The minimum atomic E-state index is -0.499. The third kappa shape index (κ3) is 3.47. The van der Waals surface area contributed by atoms with E-state index in [2.05, 4.69) is 16.0 Å². The molecule has 1 unspecified atom stereocenters. The Balaban J connectivity index is 1.55. The van der Waals surface area contributed by atoms with Crippen molar-refractivity contribution in [3.05, 3.63) is 70.5 Å². The van der Waals surface area contributed by atoms with Crippen LogP contribution in [0, 0.1) is 11.3 Å². The lowest BCUT2D eigenvalue weighted by molar-refractivity contribution is 0.401. The van der Waals surface area contributed by atoms with Crippen LogP contribution in [-0.2, 0) is 0 Å². The molecule has 5 rings (SSSR count). The SMILES string of the molecule is CC(Sc1nc2ccccc2c(=O)n1C1CC1)/C(O)=C(\C#N)c1nc2ccccc2[nH]1. The van der Waals surface area contributed by atoms with Crippen LogP contribution in [0.5, 0.6) is 0 Å². The molecular formula is C23H19N5O2S. The number of nitriles is 1. The third-order valence-electron chi connectivity index (χ3n) is 5.35. The van der Waals surface area contributed by atoms with Crippen molar-refractivity contribution in [1.82, 2.24) is 19.5 Å². The second kappa shape index (κ2) is 7.60. The molecule has 1 atom stereocenters. The molecule has 0 amide bonds. The topological polar surface area (TPSA) is 108 Å². The van der Waals surface area contributed by atoms with Crippen molar-refractivity contribution >= 4 is 39.3 Å². The molecule has 2 heterocycles. The summed E-state index contributed by atoms with van der Waals surface area (Å²) in [6, 6.07) is 16.9. The summed E-state index contributed by atoms with van der Waals surface area (Å²) < 4.78 is 1.73. The first-order valence-electron chi connectivity index (χ1n) is 10.0. The first-order valence-corrected chi connectivity index (χ1v) is 10.9. The Kier molecular flexibility index (Phi) is 4.75. The second-order valence-electron chi connectivity index (χ2n) is 7.55. The summed E-state index contributed by atoms with van der Waals surface area (Å²) in [5.74, 6) is 0.219. The number of fused-ring (bicyclic) bond motifs is 2. The molecule has 2 aromatic heterocycles. The zero-order valence-corrected chi connectivity index (χ0v) is 17.6. The summed E-state index contributed by atoms with van der Waals surface area (Å²) in [7, 11) is 0. The van der Waals surface area contributed by atoms with E-state index in [0.29, 0.717) is 21.9 Å². The Morgan fingerprint density at radius 3 is 2.61 bits per heavy atom. The number of allylic oxidation sites excluding steroid dienone is 1. The van der Waals surface area contributed by atoms with Crippen molar-refractivity contribution in [2.24, 2.45) is 0 Å². The molecule has 1 aliphatic carbocycles.